The third kappa shape index (κ3) is 3.21. The number of Topliss-reactive ketones (excluding diaryl/α,β-unsaturated/α-hetero) is 1. The Morgan fingerprint density at radius 2 is 1.69 bits per heavy atom. The minimum absolute atomic E-state index is 0.0714. The predicted molar refractivity (Wildman–Crippen MR) is 93.9 cm³/mol. The first kappa shape index (κ1) is 18.1. The number of hydrogen-bond donors (Lipinski definition) is 2. The lowest BCUT2D eigenvalue weighted by Gasteiger charge is -2.24. The molecule has 0 radical (unpaired) electrons. The Morgan fingerprint density at radius 1 is 1.08 bits per heavy atom. The summed E-state index contributed by atoms with van der Waals surface area (Å²) in [5.41, 5.74) is 0.662. The van der Waals surface area contributed by atoms with E-state index in [1.807, 2.05) is 0 Å². The van der Waals surface area contributed by atoms with Crippen molar-refractivity contribution in [2.24, 2.45) is 0 Å². The summed E-state index contributed by atoms with van der Waals surface area (Å²) in [5.74, 6) is -2.57. The highest BCUT2D eigenvalue weighted by Crippen LogP contribution is 2.39. The van der Waals surface area contributed by atoms with Crippen molar-refractivity contribution in [3.8, 4) is 0 Å². The number of likely N-dealkylation sites (tertiary alicyclic amines) is 1. The van der Waals surface area contributed by atoms with Crippen LogP contribution in [0.2, 0.25) is 5.02 Å². The van der Waals surface area contributed by atoms with Gasteiger partial charge in [0.2, 0.25) is 0 Å². The van der Waals surface area contributed by atoms with E-state index in [1.54, 1.807) is 24.3 Å². The van der Waals surface area contributed by atoms with Crippen LogP contribution in [0.3, 0.4) is 0 Å². The van der Waals surface area contributed by atoms with Gasteiger partial charge in [0.1, 0.15) is 11.6 Å². The summed E-state index contributed by atoms with van der Waals surface area (Å²) in [7, 11) is 0. The molecule has 1 unspecified atom stereocenters. The molecule has 0 aromatic heterocycles. The number of amides is 1. The Hall–Kier alpha value is -2.70. The van der Waals surface area contributed by atoms with E-state index in [4.69, 9.17) is 11.6 Å². The summed E-state index contributed by atoms with van der Waals surface area (Å²) in [5, 5.41) is 20.4. The standard InChI is InChI=1S/C19H15ClFNO4/c20-13-5-1-11(2-6-13)16-15(18(25)19(26)22(16)9-10-23)17(24)12-3-7-14(21)8-4-12/h1-8,16,23-24H,9-10H2. The number of rotatable bonds is 4. The van der Waals surface area contributed by atoms with E-state index in [9.17, 15) is 24.2 Å². The molecule has 0 spiro atoms. The number of hydrogen-bond acceptors (Lipinski definition) is 4. The first-order valence-electron chi connectivity index (χ1n) is 7.84. The van der Waals surface area contributed by atoms with Gasteiger partial charge in [-0.1, -0.05) is 23.7 Å². The summed E-state index contributed by atoms with van der Waals surface area (Å²) in [6.45, 7) is -0.411. The van der Waals surface area contributed by atoms with Gasteiger partial charge >= 0.3 is 0 Å². The molecule has 1 amide bonds. The number of β-amino-alcohol motifs (C(OH)–C–C–N with tert-alkyl or cyclic N) is 1. The van der Waals surface area contributed by atoms with Crippen LogP contribution in [0.4, 0.5) is 4.39 Å². The zero-order chi connectivity index (χ0) is 18.8. The number of carbonyl (C=O) groups excluding carboxylic acids is 2. The van der Waals surface area contributed by atoms with Crippen molar-refractivity contribution < 1.29 is 24.2 Å². The lowest BCUT2D eigenvalue weighted by atomic mass is 9.95. The van der Waals surface area contributed by atoms with Crippen LogP contribution in [-0.4, -0.2) is 40.0 Å². The lowest BCUT2D eigenvalue weighted by molar-refractivity contribution is -0.140. The smallest absolute Gasteiger partial charge is 0.295 e. The number of halogens is 2. The second-order valence-corrected chi connectivity index (χ2v) is 6.21. The van der Waals surface area contributed by atoms with Crippen LogP contribution in [0.25, 0.3) is 5.76 Å². The number of aliphatic hydroxyl groups excluding tert-OH is 2. The molecule has 5 nitrogen and oxygen atoms in total. The van der Waals surface area contributed by atoms with Gasteiger partial charge in [-0.2, -0.15) is 0 Å². The molecule has 2 aromatic carbocycles. The minimum Gasteiger partial charge on any atom is -0.507 e. The Balaban J connectivity index is 2.17. The maximum Gasteiger partial charge on any atom is 0.295 e. The predicted octanol–water partition coefficient (Wildman–Crippen LogP) is 2.89. The van der Waals surface area contributed by atoms with E-state index >= 15 is 0 Å². The third-order valence-electron chi connectivity index (χ3n) is 4.18. The van der Waals surface area contributed by atoms with Gasteiger partial charge in [-0.05, 0) is 42.0 Å². The number of carbonyl (C=O) groups is 2. The average Bonchev–Trinajstić information content (AvgIpc) is 2.88. The largest absolute Gasteiger partial charge is 0.507 e. The monoisotopic (exact) mass is 375 g/mol. The van der Waals surface area contributed by atoms with Crippen LogP contribution < -0.4 is 0 Å². The Bertz CT molecular complexity index is 877. The summed E-state index contributed by atoms with van der Waals surface area (Å²) in [6, 6.07) is 10.6. The van der Waals surface area contributed by atoms with Gasteiger partial charge in [-0.25, -0.2) is 4.39 Å². The Kier molecular flexibility index (Phi) is 5.06. The molecule has 1 aliphatic rings. The highest BCUT2D eigenvalue weighted by atomic mass is 35.5. The molecule has 1 fully saturated rings. The summed E-state index contributed by atoms with van der Waals surface area (Å²) >= 11 is 5.90. The van der Waals surface area contributed by atoms with Crippen LogP contribution in [0.15, 0.2) is 54.1 Å². The van der Waals surface area contributed by atoms with Gasteiger partial charge in [-0.3, -0.25) is 9.59 Å². The highest BCUT2D eigenvalue weighted by molar-refractivity contribution is 6.46. The minimum atomic E-state index is -0.871. The Labute approximate surface area is 153 Å². The van der Waals surface area contributed by atoms with Gasteiger partial charge in [0.05, 0.1) is 18.2 Å². The number of aliphatic hydroxyl groups is 2. The van der Waals surface area contributed by atoms with E-state index in [1.165, 1.54) is 17.0 Å². The molecule has 0 aliphatic carbocycles. The SMILES string of the molecule is O=C1C(=O)N(CCO)C(c2ccc(Cl)cc2)C1=C(O)c1ccc(F)cc1. The lowest BCUT2D eigenvalue weighted by Crippen LogP contribution is -2.32. The highest BCUT2D eigenvalue weighted by Gasteiger charge is 2.45. The molecule has 134 valence electrons. The van der Waals surface area contributed by atoms with Gasteiger partial charge in [0, 0.05) is 17.1 Å². The molecule has 1 heterocycles. The zero-order valence-corrected chi connectivity index (χ0v) is 14.3. The average molecular weight is 376 g/mol. The van der Waals surface area contributed by atoms with Crippen molar-refractivity contribution in [1.82, 2.24) is 4.90 Å². The molecular formula is C19H15ClFNO4. The molecular weight excluding hydrogens is 361 g/mol. The molecule has 1 atom stereocenters. The van der Waals surface area contributed by atoms with Gasteiger partial charge in [0.15, 0.2) is 0 Å². The van der Waals surface area contributed by atoms with Crippen LogP contribution >= 0.6 is 11.6 Å². The number of ketones is 1. The van der Waals surface area contributed by atoms with Crippen molar-refractivity contribution in [1.29, 1.82) is 0 Å². The molecule has 1 saturated heterocycles. The quantitative estimate of drug-likeness (QED) is 0.489. The molecule has 2 aromatic rings. The van der Waals surface area contributed by atoms with E-state index in [0.717, 1.165) is 12.1 Å². The molecule has 3 rings (SSSR count). The van der Waals surface area contributed by atoms with E-state index < -0.39 is 29.3 Å². The summed E-state index contributed by atoms with van der Waals surface area (Å²) in [4.78, 5) is 26.1. The maximum atomic E-state index is 13.1. The molecule has 2 N–H and O–H groups in total. The summed E-state index contributed by atoms with van der Waals surface area (Å²) in [6.07, 6.45) is 0. The second-order valence-electron chi connectivity index (χ2n) is 5.77. The summed E-state index contributed by atoms with van der Waals surface area (Å²) < 4.78 is 13.1. The van der Waals surface area contributed by atoms with Crippen molar-refractivity contribution in [2.75, 3.05) is 13.2 Å². The van der Waals surface area contributed by atoms with Gasteiger partial charge in [-0.15, -0.1) is 0 Å². The van der Waals surface area contributed by atoms with E-state index in [0.29, 0.717) is 10.6 Å². The van der Waals surface area contributed by atoms with Crippen molar-refractivity contribution >= 4 is 29.1 Å². The van der Waals surface area contributed by atoms with E-state index in [2.05, 4.69) is 0 Å². The van der Waals surface area contributed by atoms with Crippen LogP contribution in [0, 0.1) is 5.82 Å². The number of benzene rings is 2. The fourth-order valence-electron chi connectivity index (χ4n) is 2.97. The first-order chi connectivity index (χ1) is 12.4. The third-order valence-corrected chi connectivity index (χ3v) is 4.44. The van der Waals surface area contributed by atoms with Crippen LogP contribution in [-0.2, 0) is 9.59 Å². The second kappa shape index (κ2) is 7.27. The normalized spacial score (nSPS) is 19.2. The molecule has 7 heteroatoms. The molecule has 26 heavy (non-hydrogen) atoms. The van der Waals surface area contributed by atoms with Crippen LogP contribution in [0.5, 0.6) is 0 Å². The molecule has 0 bridgehead atoms. The van der Waals surface area contributed by atoms with Crippen molar-refractivity contribution in [2.45, 2.75) is 6.04 Å². The maximum absolute atomic E-state index is 13.1. The van der Waals surface area contributed by atoms with Crippen molar-refractivity contribution in [3.05, 3.63) is 76.1 Å². The van der Waals surface area contributed by atoms with Crippen LogP contribution in [0.1, 0.15) is 17.2 Å². The Morgan fingerprint density at radius 3 is 2.27 bits per heavy atom. The molecule has 1 aliphatic heterocycles. The fraction of sp³-hybridized carbons (Fsp3) is 0.158. The van der Waals surface area contributed by atoms with E-state index in [-0.39, 0.29) is 24.3 Å². The fourth-order valence-corrected chi connectivity index (χ4v) is 3.10. The molecule has 0 saturated carbocycles. The number of nitrogens with zero attached hydrogens (tertiary/aromatic N) is 1. The topological polar surface area (TPSA) is 77.8 Å². The van der Waals surface area contributed by atoms with Crippen molar-refractivity contribution in [3.63, 3.8) is 0 Å². The zero-order valence-electron chi connectivity index (χ0n) is 13.5. The van der Waals surface area contributed by atoms with Gasteiger partial charge in [0.25, 0.3) is 11.7 Å². The van der Waals surface area contributed by atoms with Gasteiger partial charge < -0.3 is 15.1 Å². The first-order valence-corrected chi connectivity index (χ1v) is 8.22.